The van der Waals surface area contributed by atoms with Gasteiger partial charge >= 0.3 is 5.97 Å². The highest BCUT2D eigenvalue weighted by Gasteiger charge is 2.37. The first-order valence-electron chi connectivity index (χ1n) is 10.5. The molecule has 1 aromatic heterocycles. The molecule has 4 rings (SSSR count). The Labute approximate surface area is 191 Å². The van der Waals surface area contributed by atoms with Gasteiger partial charge in [0.15, 0.2) is 0 Å². The molecule has 0 atom stereocenters. The van der Waals surface area contributed by atoms with Crippen LogP contribution < -0.4 is 5.43 Å². The monoisotopic (exact) mass is 441 g/mol. The Kier molecular flexibility index (Phi) is 6.45. The van der Waals surface area contributed by atoms with Gasteiger partial charge < -0.3 is 9.94 Å². The fourth-order valence-corrected chi connectivity index (χ4v) is 3.66. The van der Waals surface area contributed by atoms with Crippen molar-refractivity contribution < 1.29 is 14.7 Å². The lowest BCUT2D eigenvalue weighted by molar-refractivity contribution is -0.129. The lowest BCUT2D eigenvalue weighted by atomic mass is 9.77. The Balaban J connectivity index is 1.87. The summed E-state index contributed by atoms with van der Waals surface area (Å²) in [5.41, 5.74) is 5.19. The summed E-state index contributed by atoms with van der Waals surface area (Å²) in [7, 11) is 0. The minimum Gasteiger partial charge on any atom is -0.476 e. The van der Waals surface area contributed by atoms with Crippen LogP contribution in [0.1, 0.15) is 29.3 Å². The van der Waals surface area contributed by atoms with Gasteiger partial charge in [0.25, 0.3) is 0 Å². The van der Waals surface area contributed by atoms with Gasteiger partial charge in [0.2, 0.25) is 5.71 Å². The normalized spacial score (nSPS) is 11.7. The van der Waals surface area contributed by atoms with E-state index in [4.69, 9.17) is 4.84 Å². The highest BCUT2D eigenvalue weighted by Crippen LogP contribution is 2.37. The molecule has 0 saturated heterocycles. The molecule has 0 saturated carbocycles. The first kappa shape index (κ1) is 21.8. The second-order valence-electron chi connectivity index (χ2n) is 7.14. The number of hydrogen-bond acceptors (Lipinski definition) is 6. The second kappa shape index (κ2) is 9.78. The van der Waals surface area contributed by atoms with Crippen molar-refractivity contribution in [1.82, 2.24) is 15.1 Å². The zero-order valence-electron chi connectivity index (χ0n) is 18.0. The molecule has 8 nitrogen and oxygen atoms in total. The maximum atomic E-state index is 11.7. The lowest BCUT2D eigenvalue weighted by Crippen LogP contribution is -2.44. The maximum absolute atomic E-state index is 11.7. The number of benzene rings is 3. The second-order valence-corrected chi connectivity index (χ2v) is 7.14. The van der Waals surface area contributed by atoms with E-state index < -0.39 is 11.5 Å². The number of aliphatic carboxylic acids is 1. The number of nitrogens with one attached hydrogen (secondary N) is 1. The number of carboxylic acids is 1. The standard InChI is InChI=1S/C25H23N5O3/c1-2-33-28-23(24(31)32)22-18-26-30(27-22)29-25(19-12-6-3-7-13-19,20-14-8-4-9-15-20)21-16-10-5-11-17-21/h3-18,29H,2H2,1H3,(H,31,32). The van der Waals surface area contributed by atoms with Crippen molar-refractivity contribution in [1.29, 1.82) is 0 Å². The van der Waals surface area contributed by atoms with Crippen molar-refractivity contribution in [3.63, 3.8) is 0 Å². The Bertz CT molecular complexity index is 1130. The van der Waals surface area contributed by atoms with E-state index in [1.807, 2.05) is 91.0 Å². The van der Waals surface area contributed by atoms with Crippen molar-refractivity contribution in [3.05, 3.63) is 120 Å². The summed E-state index contributed by atoms with van der Waals surface area (Å²) in [5.74, 6) is -1.25. The quantitative estimate of drug-likeness (QED) is 0.234. The third kappa shape index (κ3) is 4.45. The molecule has 0 unspecified atom stereocenters. The van der Waals surface area contributed by atoms with Gasteiger partial charge in [-0.05, 0) is 23.6 Å². The van der Waals surface area contributed by atoms with Crippen LogP contribution >= 0.6 is 0 Å². The van der Waals surface area contributed by atoms with Crippen LogP contribution in [0.4, 0.5) is 0 Å². The summed E-state index contributed by atoms with van der Waals surface area (Å²) in [4.78, 5) is 17.9. The first-order valence-corrected chi connectivity index (χ1v) is 10.5. The molecule has 33 heavy (non-hydrogen) atoms. The topological polar surface area (TPSA) is 102 Å². The van der Waals surface area contributed by atoms with E-state index in [1.54, 1.807) is 6.92 Å². The molecule has 1 heterocycles. The van der Waals surface area contributed by atoms with E-state index in [-0.39, 0.29) is 18.0 Å². The SMILES string of the molecule is CCON=C(C(=O)O)c1cnn(NC(c2ccccc2)(c2ccccc2)c2ccccc2)n1. The van der Waals surface area contributed by atoms with E-state index in [9.17, 15) is 9.90 Å². The predicted molar refractivity (Wildman–Crippen MR) is 124 cm³/mol. The molecule has 0 spiro atoms. The van der Waals surface area contributed by atoms with Gasteiger partial charge in [-0.25, -0.2) is 4.79 Å². The van der Waals surface area contributed by atoms with Gasteiger partial charge in [0.05, 0.1) is 6.20 Å². The van der Waals surface area contributed by atoms with E-state index >= 15 is 0 Å². The van der Waals surface area contributed by atoms with Crippen LogP contribution in [0.2, 0.25) is 0 Å². The predicted octanol–water partition coefficient (Wildman–Crippen LogP) is 3.64. The first-order chi connectivity index (χ1) is 16.1. The molecule has 0 fully saturated rings. The van der Waals surface area contributed by atoms with Gasteiger partial charge in [-0.15, -0.1) is 10.2 Å². The minimum atomic E-state index is -1.25. The van der Waals surface area contributed by atoms with Crippen LogP contribution in [0, 0.1) is 0 Å². The molecule has 0 aliphatic carbocycles. The molecule has 0 aliphatic rings. The largest absolute Gasteiger partial charge is 0.476 e. The van der Waals surface area contributed by atoms with Crippen LogP contribution in [-0.2, 0) is 15.2 Å². The molecular formula is C25H23N5O3. The molecule has 4 aromatic rings. The third-order valence-electron chi connectivity index (χ3n) is 5.11. The van der Waals surface area contributed by atoms with E-state index in [1.165, 1.54) is 11.1 Å². The van der Waals surface area contributed by atoms with Crippen LogP contribution in [-0.4, -0.2) is 38.5 Å². The zero-order valence-corrected chi connectivity index (χ0v) is 18.0. The lowest BCUT2D eigenvalue weighted by Gasteiger charge is -2.36. The maximum Gasteiger partial charge on any atom is 0.360 e. The molecule has 8 heteroatoms. The summed E-state index contributed by atoms with van der Waals surface area (Å²) < 4.78 is 0. The number of aromatic nitrogens is 3. The average Bonchev–Trinajstić information content (AvgIpc) is 3.32. The molecule has 2 N–H and O–H groups in total. The summed E-state index contributed by atoms with van der Waals surface area (Å²) in [6.45, 7) is 1.96. The third-order valence-corrected chi connectivity index (χ3v) is 5.11. The number of oxime groups is 1. The molecule has 0 radical (unpaired) electrons. The van der Waals surface area contributed by atoms with Crippen molar-refractivity contribution in [2.24, 2.45) is 5.16 Å². The number of carboxylic acid groups (broad SMARTS) is 1. The highest BCUT2D eigenvalue weighted by atomic mass is 16.6. The van der Waals surface area contributed by atoms with Gasteiger partial charge in [0, 0.05) is 0 Å². The van der Waals surface area contributed by atoms with Crippen molar-refractivity contribution in [2.45, 2.75) is 12.5 Å². The Morgan fingerprint density at radius 3 is 1.85 bits per heavy atom. The fourth-order valence-electron chi connectivity index (χ4n) is 3.66. The molecule has 0 aliphatic heterocycles. The summed E-state index contributed by atoms with van der Waals surface area (Å²) >= 11 is 0. The summed E-state index contributed by atoms with van der Waals surface area (Å²) in [5, 5.41) is 21.8. The van der Waals surface area contributed by atoms with Crippen molar-refractivity contribution in [3.8, 4) is 0 Å². The van der Waals surface area contributed by atoms with E-state index in [0.29, 0.717) is 0 Å². The molecule has 0 bridgehead atoms. The number of carbonyl (C=O) groups is 1. The number of hydrogen-bond donors (Lipinski definition) is 2. The van der Waals surface area contributed by atoms with E-state index in [2.05, 4.69) is 20.8 Å². The Morgan fingerprint density at radius 1 is 0.939 bits per heavy atom. The molecular weight excluding hydrogens is 418 g/mol. The summed E-state index contributed by atoms with van der Waals surface area (Å²) in [6.07, 6.45) is 1.34. The summed E-state index contributed by atoms with van der Waals surface area (Å²) in [6, 6.07) is 29.8. The van der Waals surface area contributed by atoms with E-state index in [0.717, 1.165) is 16.7 Å². The molecule has 0 amide bonds. The van der Waals surface area contributed by atoms with Crippen molar-refractivity contribution >= 4 is 11.7 Å². The smallest absolute Gasteiger partial charge is 0.360 e. The highest BCUT2D eigenvalue weighted by molar-refractivity contribution is 6.41. The van der Waals surface area contributed by atoms with Gasteiger partial charge in [0.1, 0.15) is 17.8 Å². The molecule has 166 valence electrons. The minimum absolute atomic E-state index is 0.0755. The van der Waals surface area contributed by atoms with Crippen LogP contribution in [0.15, 0.2) is 102 Å². The van der Waals surface area contributed by atoms with Crippen LogP contribution in [0.5, 0.6) is 0 Å². The number of nitrogens with zero attached hydrogens (tertiary/aromatic N) is 4. The van der Waals surface area contributed by atoms with Crippen molar-refractivity contribution in [2.75, 3.05) is 12.0 Å². The van der Waals surface area contributed by atoms with Gasteiger partial charge in [-0.3, -0.25) is 5.43 Å². The number of rotatable bonds is 9. The van der Waals surface area contributed by atoms with Crippen LogP contribution in [0.25, 0.3) is 0 Å². The fraction of sp³-hybridized carbons (Fsp3) is 0.120. The average molecular weight is 441 g/mol. The van der Waals surface area contributed by atoms with Gasteiger partial charge in [-0.2, -0.15) is 0 Å². The van der Waals surface area contributed by atoms with Crippen LogP contribution in [0.3, 0.4) is 0 Å². The Morgan fingerprint density at radius 2 is 1.42 bits per heavy atom. The molecule has 3 aromatic carbocycles. The zero-order chi connectivity index (χ0) is 23.1. The Hall–Kier alpha value is -4.46. The van der Waals surface area contributed by atoms with Gasteiger partial charge in [-0.1, -0.05) is 101 Å².